The minimum Gasteiger partial charge on any atom is -0.462 e. The summed E-state index contributed by atoms with van der Waals surface area (Å²) < 4.78 is 5.62. The zero-order valence-electron chi connectivity index (χ0n) is 20.5. The molecular formula is C28H44O3. The SMILES string of the molecule is CCC1(CC)C[C@@H](c2ccc(C)cc2)[C@H](CC[C@@H]2C[C@@H](O)CC(=O)O2)C(CC)(CC)C1. The van der Waals surface area contributed by atoms with Crippen LogP contribution < -0.4 is 0 Å². The van der Waals surface area contributed by atoms with Gasteiger partial charge in [0.25, 0.3) is 0 Å². The van der Waals surface area contributed by atoms with Crippen molar-refractivity contribution in [2.24, 2.45) is 16.7 Å². The third-order valence-electron chi connectivity index (χ3n) is 9.10. The van der Waals surface area contributed by atoms with Crippen LogP contribution in [0.1, 0.15) is 109 Å². The molecular weight excluding hydrogens is 384 g/mol. The van der Waals surface area contributed by atoms with Gasteiger partial charge in [-0.3, -0.25) is 4.79 Å². The van der Waals surface area contributed by atoms with Gasteiger partial charge in [0.1, 0.15) is 6.10 Å². The lowest BCUT2D eigenvalue weighted by atomic mass is 9.48. The Balaban J connectivity index is 1.93. The predicted octanol–water partition coefficient (Wildman–Crippen LogP) is 6.95. The summed E-state index contributed by atoms with van der Waals surface area (Å²) in [5.74, 6) is 0.878. The van der Waals surface area contributed by atoms with Gasteiger partial charge in [-0.05, 0) is 60.8 Å². The molecule has 0 radical (unpaired) electrons. The number of ether oxygens (including phenoxy) is 1. The Morgan fingerprint density at radius 1 is 1.00 bits per heavy atom. The molecule has 3 heteroatoms. The molecule has 174 valence electrons. The quantitative estimate of drug-likeness (QED) is 0.456. The molecule has 1 heterocycles. The van der Waals surface area contributed by atoms with Crippen LogP contribution in [0.25, 0.3) is 0 Å². The Bertz CT molecular complexity index is 714. The highest BCUT2D eigenvalue weighted by Crippen LogP contribution is 2.62. The molecule has 3 nitrogen and oxygen atoms in total. The van der Waals surface area contributed by atoms with Crippen molar-refractivity contribution in [3.63, 3.8) is 0 Å². The molecule has 0 spiro atoms. The van der Waals surface area contributed by atoms with Crippen molar-refractivity contribution in [1.29, 1.82) is 0 Å². The van der Waals surface area contributed by atoms with E-state index in [1.165, 1.54) is 49.7 Å². The summed E-state index contributed by atoms with van der Waals surface area (Å²) in [6, 6.07) is 9.24. The van der Waals surface area contributed by atoms with Gasteiger partial charge >= 0.3 is 5.97 Å². The smallest absolute Gasteiger partial charge is 0.308 e. The van der Waals surface area contributed by atoms with Gasteiger partial charge in [0.15, 0.2) is 0 Å². The molecule has 0 bridgehead atoms. The standard InChI is InChI=1S/C28H44O3/c1-6-27(7-2)18-24(21-12-10-20(5)11-13-21)25(28(8-3,9-4)19-27)15-14-23-16-22(29)17-26(30)31-23/h10-13,22-25,29H,6-9,14-19H2,1-5H3/t22-,23-,24+,25+/m1/s1. The Morgan fingerprint density at radius 3 is 2.19 bits per heavy atom. The minimum atomic E-state index is -0.541. The number of cyclic esters (lactones) is 1. The van der Waals surface area contributed by atoms with E-state index < -0.39 is 6.10 Å². The van der Waals surface area contributed by atoms with Gasteiger partial charge in [0, 0.05) is 6.42 Å². The predicted molar refractivity (Wildman–Crippen MR) is 127 cm³/mol. The summed E-state index contributed by atoms with van der Waals surface area (Å²) in [7, 11) is 0. The first-order valence-corrected chi connectivity index (χ1v) is 12.7. The second-order valence-corrected chi connectivity index (χ2v) is 10.6. The first-order chi connectivity index (χ1) is 14.8. The molecule has 1 aliphatic carbocycles. The highest BCUT2D eigenvalue weighted by molar-refractivity contribution is 5.70. The fraction of sp³-hybridized carbons (Fsp3) is 0.750. The second-order valence-electron chi connectivity index (χ2n) is 10.6. The van der Waals surface area contributed by atoms with Crippen LogP contribution >= 0.6 is 0 Å². The normalized spacial score (nSPS) is 30.1. The van der Waals surface area contributed by atoms with Crippen molar-refractivity contribution in [1.82, 2.24) is 0 Å². The van der Waals surface area contributed by atoms with Gasteiger partial charge in [-0.2, -0.15) is 0 Å². The van der Waals surface area contributed by atoms with Crippen molar-refractivity contribution in [3.05, 3.63) is 35.4 Å². The summed E-state index contributed by atoms with van der Waals surface area (Å²) in [4.78, 5) is 11.9. The van der Waals surface area contributed by atoms with Crippen LogP contribution in [0, 0.1) is 23.7 Å². The molecule has 0 unspecified atom stereocenters. The van der Waals surface area contributed by atoms with Crippen molar-refractivity contribution in [2.45, 2.75) is 117 Å². The second kappa shape index (κ2) is 10.1. The third kappa shape index (κ3) is 5.18. The minimum absolute atomic E-state index is 0.134. The zero-order chi connectivity index (χ0) is 22.6. The number of rotatable bonds is 8. The summed E-state index contributed by atoms with van der Waals surface area (Å²) in [6.07, 6.45) is 9.43. The first-order valence-electron chi connectivity index (χ1n) is 12.7. The molecule has 2 fully saturated rings. The molecule has 0 aromatic heterocycles. The molecule has 0 amide bonds. The molecule has 1 aliphatic heterocycles. The number of aryl methyl sites for hydroxylation is 1. The summed E-state index contributed by atoms with van der Waals surface area (Å²) in [5, 5.41) is 10.1. The lowest BCUT2D eigenvalue weighted by Gasteiger charge is -2.56. The molecule has 3 rings (SSSR count). The van der Waals surface area contributed by atoms with Crippen LogP contribution in [-0.2, 0) is 9.53 Å². The van der Waals surface area contributed by atoms with Gasteiger partial charge in [-0.1, -0.05) is 83.2 Å². The maximum atomic E-state index is 11.9. The number of aliphatic hydroxyl groups excluding tert-OH is 1. The molecule has 1 aromatic carbocycles. The number of carbonyl (C=O) groups is 1. The number of esters is 1. The number of aliphatic hydroxyl groups is 1. The highest BCUT2D eigenvalue weighted by Gasteiger charge is 2.51. The van der Waals surface area contributed by atoms with Crippen molar-refractivity contribution < 1.29 is 14.6 Å². The summed E-state index contributed by atoms with van der Waals surface area (Å²) >= 11 is 0. The molecule has 31 heavy (non-hydrogen) atoms. The van der Waals surface area contributed by atoms with Gasteiger partial charge in [-0.15, -0.1) is 0 Å². The molecule has 1 saturated carbocycles. The Morgan fingerprint density at radius 2 is 1.65 bits per heavy atom. The van der Waals surface area contributed by atoms with Crippen molar-refractivity contribution in [3.8, 4) is 0 Å². The number of hydrogen-bond acceptors (Lipinski definition) is 3. The monoisotopic (exact) mass is 428 g/mol. The fourth-order valence-electron chi connectivity index (χ4n) is 6.87. The van der Waals surface area contributed by atoms with E-state index in [-0.39, 0.29) is 18.5 Å². The first kappa shape index (κ1) is 24.3. The van der Waals surface area contributed by atoms with Crippen LogP contribution in [0.15, 0.2) is 24.3 Å². The zero-order valence-corrected chi connectivity index (χ0v) is 20.5. The lowest BCUT2D eigenvalue weighted by Crippen LogP contribution is -2.46. The van der Waals surface area contributed by atoms with E-state index in [2.05, 4.69) is 58.9 Å². The Kier molecular flexibility index (Phi) is 7.89. The van der Waals surface area contributed by atoms with E-state index in [0.717, 1.165) is 12.8 Å². The van der Waals surface area contributed by atoms with Crippen LogP contribution in [0.2, 0.25) is 0 Å². The van der Waals surface area contributed by atoms with Gasteiger partial charge in [0.05, 0.1) is 12.5 Å². The third-order valence-corrected chi connectivity index (χ3v) is 9.10. The van der Waals surface area contributed by atoms with E-state index in [0.29, 0.717) is 29.1 Å². The topological polar surface area (TPSA) is 46.5 Å². The molecule has 1 saturated heterocycles. The molecule has 4 atom stereocenters. The Labute approximate surface area is 190 Å². The van der Waals surface area contributed by atoms with Crippen molar-refractivity contribution >= 4 is 5.97 Å². The van der Waals surface area contributed by atoms with Gasteiger partial charge in [-0.25, -0.2) is 0 Å². The van der Waals surface area contributed by atoms with Gasteiger partial charge in [0.2, 0.25) is 0 Å². The summed E-state index contributed by atoms with van der Waals surface area (Å²) in [6.45, 7) is 11.7. The fourth-order valence-corrected chi connectivity index (χ4v) is 6.87. The molecule has 1 N–H and O–H groups in total. The highest BCUT2D eigenvalue weighted by atomic mass is 16.5. The number of hydrogen-bond donors (Lipinski definition) is 1. The molecule has 2 aliphatic rings. The van der Waals surface area contributed by atoms with Crippen LogP contribution in [0.3, 0.4) is 0 Å². The number of benzene rings is 1. The molecule has 1 aromatic rings. The Hall–Kier alpha value is -1.35. The average Bonchev–Trinajstić information content (AvgIpc) is 2.77. The van der Waals surface area contributed by atoms with Crippen LogP contribution in [-0.4, -0.2) is 23.3 Å². The van der Waals surface area contributed by atoms with E-state index in [9.17, 15) is 9.90 Å². The van der Waals surface area contributed by atoms with E-state index in [1.807, 2.05) is 0 Å². The maximum absolute atomic E-state index is 11.9. The van der Waals surface area contributed by atoms with E-state index in [1.54, 1.807) is 0 Å². The number of carbonyl (C=O) groups excluding carboxylic acids is 1. The van der Waals surface area contributed by atoms with E-state index in [4.69, 9.17) is 4.74 Å². The van der Waals surface area contributed by atoms with Gasteiger partial charge < -0.3 is 9.84 Å². The largest absolute Gasteiger partial charge is 0.462 e. The van der Waals surface area contributed by atoms with Crippen molar-refractivity contribution in [2.75, 3.05) is 0 Å². The van der Waals surface area contributed by atoms with E-state index >= 15 is 0 Å². The summed E-state index contributed by atoms with van der Waals surface area (Å²) in [5.41, 5.74) is 3.52. The van der Waals surface area contributed by atoms with Crippen LogP contribution in [0.4, 0.5) is 0 Å². The lowest BCUT2D eigenvalue weighted by molar-refractivity contribution is -0.161. The maximum Gasteiger partial charge on any atom is 0.308 e. The van der Waals surface area contributed by atoms with Crippen LogP contribution in [0.5, 0.6) is 0 Å². The average molecular weight is 429 g/mol.